The van der Waals surface area contributed by atoms with Gasteiger partial charge in [0, 0.05) is 11.8 Å². The number of carbonyl (C=O) groups is 2. The van der Waals surface area contributed by atoms with Crippen molar-refractivity contribution >= 4 is 61.7 Å². The van der Waals surface area contributed by atoms with E-state index in [-0.39, 0.29) is 24.2 Å². The number of benzene rings is 1. The van der Waals surface area contributed by atoms with Crippen LogP contribution in [0.2, 0.25) is 0 Å². The summed E-state index contributed by atoms with van der Waals surface area (Å²) in [5.41, 5.74) is 0.615. The molecule has 2 aromatic heterocycles. The number of thioether (sulfide) groups is 1. The van der Waals surface area contributed by atoms with E-state index in [1.807, 2.05) is 0 Å². The highest BCUT2D eigenvalue weighted by Crippen LogP contribution is 2.34. The van der Waals surface area contributed by atoms with Gasteiger partial charge in [-0.1, -0.05) is 23.1 Å². The molecule has 0 bridgehead atoms. The first kappa shape index (κ1) is 18.8. The predicted molar refractivity (Wildman–Crippen MR) is 106 cm³/mol. The predicted octanol–water partition coefficient (Wildman–Crippen LogP) is 3.61. The summed E-state index contributed by atoms with van der Waals surface area (Å²) >= 11 is 5.52. The zero-order valence-corrected chi connectivity index (χ0v) is 17.2. The average Bonchev–Trinajstić information content (AvgIpc) is 3.40. The highest BCUT2D eigenvalue weighted by atomic mass is 79.9. The number of fused-ring (bicyclic) bond motifs is 1. The van der Waals surface area contributed by atoms with Crippen LogP contribution in [0.25, 0.3) is 0 Å². The third-order valence-electron chi connectivity index (χ3n) is 3.41. The summed E-state index contributed by atoms with van der Waals surface area (Å²) in [5.74, 6) is 0.905. The summed E-state index contributed by atoms with van der Waals surface area (Å²) in [7, 11) is 0. The van der Waals surface area contributed by atoms with E-state index < -0.39 is 5.91 Å². The van der Waals surface area contributed by atoms with Crippen LogP contribution < -0.4 is 20.1 Å². The fourth-order valence-electron chi connectivity index (χ4n) is 2.21. The van der Waals surface area contributed by atoms with Gasteiger partial charge >= 0.3 is 0 Å². The third kappa shape index (κ3) is 4.46. The Kier molecular flexibility index (Phi) is 5.50. The number of carbonyl (C=O) groups excluding carboxylic acids is 2. The Labute approximate surface area is 174 Å². The molecule has 0 atom stereocenters. The number of halogens is 1. The van der Waals surface area contributed by atoms with E-state index in [4.69, 9.17) is 13.9 Å². The second-order valence-corrected chi connectivity index (χ2v) is 8.32. The van der Waals surface area contributed by atoms with Gasteiger partial charge in [-0.25, -0.2) is 0 Å². The Bertz CT molecular complexity index is 1040. The molecule has 0 unspecified atom stereocenters. The fraction of sp³-hybridized carbons (Fsp3) is 0.125. The van der Waals surface area contributed by atoms with Crippen molar-refractivity contribution in [3.63, 3.8) is 0 Å². The average molecular weight is 483 g/mol. The molecule has 1 aliphatic heterocycles. The lowest BCUT2D eigenvalue weighted by molar-refractivity contribution is -0.113. The van der Waals surface area contributed by atoms with Crippen molar-refractivity contribution in [3.8, 4) is 11.5 Å². The van der Waals surface area contributed by atoms with E-state index in [9.17, 15) is 9.59 Å². The molecule has 9 nitrogen and oxygen atoms in total. The van der Waals surface area contributed by atoms with Crippen molar-refractivity contribution in [2.45, 2.75) is 4.34 Å². The van der Waals surface area contributed by atoms with Crippen LogP contribution in [0.15, 0.2) is 43.8 Å². The number of rotatable bonds is 6. The number of anilines is 2. The summed E-state index contributed by atoms with van der Waals surface area (Å²) in [4.78, 5) is 24.1. The zero-order chi connectivity index (χ0) is 19.5. The quantitative estimate of drug-likeness (QED) is 0.404. The van der Waals surface area contributed by atoms with Crippen LogP contribution >= 0.6 is 39.0 Å². The Morgan fingerprint density at radius 3 is 2.82 bits per heavy atom. The maximum absolute atomic E-state index is 12.1. The van der Waals surface area contributed by atoms with Gasteiger partial charge in [-0.2, -0.15) is 0 Å². The second-order valence-electron chi connectivity index (χ2n) is 5.34. The topological polar surface area (TPSA) is 116 Å². The fourth-order valence-corrected chi connectivity index (χ4v) is 4.07. The van der Waals surface area contributed by atoms with Gasteiger partial charge in [0.1, 0.15) is 0 Å². The van der Waals surface area contributed by atoms with Crippen molar-refractivity contribution in [2.24, 2.45) is 0 Å². The minimum Gasteiger partial charge on any atom is -0.454 e. The molecule has 0 fully saturated rings. The number of ether oxygens (including phenoxy) is 2. The number of hydrogen-bond donors (Lipinski definition) is 2. The highest BCUT2D eigenvalue weighted by Gasteiger charge is 2.16. The molecule has 3 heterocycles. The molecule has 12 heteroatoms. The third-order valence-corrected chi connectivity index (χ3v) is 5.81. The summed E-state index contributed by atoms with van der Waals surface area (Å²) in [5, 5.41) is 13.5. The van der Waals surface area contributed by atoms with Crippen LogP contribution in [-0.2, 0) is 4.79 Å². The lowest BCUT2D eigenvalue weighted by Gasteiger charge is -2.05. The van der Waals surface area contributed by atoms with Gasteiger partial charge in [0.15, 0.2) is 26.3 Å². The second kappa shape index (κ2) is 8.20. The number of nitrogens with zero attached hydrogens (tertiary/aromatic N) is 2. The van der Waals surface area contributed by atoms with Gasteiger partial charge in [0.25, 0.3) is 5.91 Å². The molecule has 2 amide bonds. The highest BCUT2D eigenvalue weighted by molar-refractivity contribution is 9.10. The summed E-state index contributed by atoms with van der Waals surface area (Å²) in [6.45, 7) is 0.176. The first-order chi connectivity index (χ1) is 13.6. The Morgan fingerprint density at radius 2 is 2.00 bits per heavy atom. The van der Waals surface area contributed by atoms with Crippen LogP contribution in [0.3, 0.4) is 0 Å². The molecule has 0 radical (unpaired) electrons. The van der Waals surface area contributed by atoms with Crippen molar-refractivity contribution < 1.29 is 23.5 Å². The molecular formula is C16H11BrN4O5S2. The number of aromatic nitrogens is 2. The van der Waals surface area contributed by atoms with E-state index in [0.29, 0.717) is 31.3 Å². The summed E-state index contributed by atoms with van der Waals surface area (Å²) in [6, 6.07) is 8.34. The Morgan fingerprint density at radius 1 is 1.14 bits per heavy atom. The maximum Gasteiger partial charge on any atom is 0.293 e. The lowest BCUT2D eigenvalue weighted by Crippen LogP contribution is -2.13. The molecule has 3 aromatic rings. The van der Waals surface area contributed by atoms with Crippen LogP contribution in [0.5, 0.6) is 11.5 Å². The van der Waals surface area contributed by atoms with Gasteiger partial charge in [-0.05, 0) is 40.2 Å². The molecule has 0 saturated heterocycles. The van der Waals surface area contributed by atoms with Crippen molar-refractivity contribution in [2.75, 3.05) is 23.2 Å². The molecule has 1 aromatic carbocycles. The zero-order valence-electron chi connectivity index (χ0n) is 13.9. The summed E-state index contributed by atoms with van der Waals surface area (Å²) < 4.78 is 16.7. The smallest absolute Gasteiger partial charge is 0.293 e. The van der Waals surface area contributed by atoms with Crippen LogP contribution in [-0.4, -0.2) is 34.6 Å². The van der Waals surface area contributed by atoms with Gasteiger partial charge < -0.3 is 19.2 Å². The Balaban J connectivity index is 1.28. The SMILES string of the molecule is O=C(CSc1nnc(NC(=O)c2ccc(Br)o2)s1)Nc1ccc2c(c1)OCO2. The van der Waals surface area contributed by atoms with E-state index in [1.165, 1.54) is 29.2 Å². The molecule has 0 aliphatic carbocycles. The normalized spacial score (nSPS) is 12.0. The van der Waals surface area contributed by atoms with Gasteiger partial charge in [0.05, 0.1) is 5.75 Å². The Hall–Kier alpha value is -2.57. The van der Waals surface area contributed by atoms with E-state index >= 15 is 0 Å². The number of hydrogen-bond acceptors (Lipinski definition) is 9. The standard InChI is InChI=1S/C16H11BrN4O5S2/c17-12-4-3-10(26-12)14(23)19-15-20-21-16(28-15)27-6-13(22)18-8-1-2-9-11(5-8)25-7-24-9/h1-5H,6-7H2,(H,18,22)(H,19,20,23). The van der Waals surface area contributed by atoms with E-state index in [2.05, 4.69) is 36.8 Å². The van der Waals surface area contributed by atoms with Crippen molar-refractivity contribution in [3.05, 3.63) is 40.8 Å². The largest absolute Gasteiger partial charge is 0.454 e. The van der Waals surface area contributed by atoms with Crippen molar-refractivity contribution in [1.29, 1.82) is 0 Å². The number of furan rings is 1. The summed E-state index contributed by atoms with van der Waals surface area (Å²) in [6.07, 6.45) is 0. The molecule has 1 aliphatic rings. The van der Waals surface area contributed by atoms with Gasteiger partial charge in [-0.3, -0.25) is 14.9 Å². The first-order valence-electron chi connectivity index (χ1n) is 7.79. The maximum atomic E-state index is 12.1. The number of nitrogens with one attached hydrogen (secondary N) is 2. The molecule has 4 rings (SSSR count). The molecule has 2 N–H and O–H groups in total. The minimum atomic E-state index is -0.432. The molecule has 0 spiro atoms. The first-order valence-corrected chi connectivity index (χ1v) is 10.4. The minimum absolute atomic E-state index is 0.141. The molecular weight excluding hydrogens is 472 g/mol. The lowest BCUT2D eigenvalue weighted by atomic mass is 10.3. The van der Waals surface area contributed by atoms with E-state index in [0.717, 1.165) is 0 Å². The molecule has 144 valence electrons. The molecule has 0 saturated carbocycles. The molecule has 28 heavy (non-hydrogen) atoms. The van der Waals surface area contributed by atoms with Gasteiger partial charge in [-0.15, -0.1) is 10.2 Å². The monoisotopic (exact) mass is 482 g/mol. The van der Waals surface area contributed by atoms with Crippen LogP contribution in [0.1, 0.15) is 10.6 Å². The van der Waals surface area contributed by atoms with Crippen LogP contribution in [0.4, 0.5) is 10.8 Å². The van der Waals surface area contributed by atoms with E-state index in [1.54, 1.807) is 24.3 Å². The van der Waals surface area contributed by atoms with Crippen molar-refractivity contribution in [1.82, 2.24) is 10.2 Å². The van der Waals surface area contributed by atoms with Crippen LogP contribution in [0, 0.1) is 0 Å². The van der Waals surface area contributed by atoms with Gasteiger partial charge in [0.2, 0.25) is 17.8 Å². The number of amides is 2.